The molecule has 2 aliphatic rings. The quantitative estimate of drug-likeness (QED) is 0.691. The molecule has 30 heavy (non-hydrogen) atoms. The van der Waals surface area contributed by atoms with Gasteiger partial charge >= 0.3 is 6.09 Å². The Morgan fingerprint density at radius 1 is 1.23 bits per heavy atom. The summed E-state index contributed by atoms with van der Waals surface area (Å²) in [6.07, 6.45) is 0.487. The van der Waals surface area contributed by atoms with Crippen molar-refractivity contribution in [2.24, 2.45) is 0 Å². The number of nitrogens with one attached hydrogen (secondary N) is 1. The second-order valence-corrected chi connectivity index (χ2v) is 8.30. The van der Waals surface area contributed by atoms with Crippen molar-refractivity contribution in [3.8, 4) is 0 Å². The molecule has 2 aromatic carbocycles. The Morgan fingerprint density at radius 2 is 1.97 bits per heavy atom. The number of nitrogens with zero attached hydrogens (tertiary/aromatic N) is 2. The highest BCUT2D eigenvalue weighted by molar-refractivity contribution is 9.10. The summed E-state index contributed by atoms with van der Waals surface area (Å²) in [5.41, 5.74) is 1.79. The number of hydrogen-bond acceptors (Lipinski definition) is 4. The maximum atomic E-state index is 14.5. The number of anilines is 1. The minimum Gasteiger partial charge on any atom is -0.450 e. The van der Waals surface area contributed by atoms with Crippen molar-refractivity contribution < 1.29 is 18.7 Å². The fourth-order valence-electron chi connectivity index (χ4n) is 4.16. The van der Waals surface area contributed by atoms with E-state index in [9.17, 15) is 14.0 Å². The standard InChI is InChI=1S/C22H23BrFN3O3/c1-2-30-22(29)26-11-9-15(10-12-26)27-20(16-5-3-4-6-17(16)21(27)28)25-19-8-7-14(23)13-18(19)24/h3-8,13,15,20,25H,2,9-12H2,1H3/t20-/m0/s1. The van der Waals surface area contributed by atoms with Crippen LogP contribution in [0.25, 0.3) is 0 Å². The van der Waals surface area contributed by atoms with Gasteiger partial charge in [-0.3, -0.25) is 4.79 Å². The maximum Gasteiger partial charge on any atom is 0.409 e. The summed E-state index contributed by atoms with van der Waals surface area (Å²) in [6, 6.07) is 12.2. The number of amides is 2. The van der Waals surface area contributed by atoms with Crippen molar-refractivity contribution in [2.75, 3.05) is 25.0 Å². The van der Waals surface area contributed by atoms with Gasteiger partial charge in [0.1, 0.15) is 12.0 Å². The number of halogens is 2. The predicted octanol–water partition coefficient (Wildman–Crippen LogP) is 4.78. The molecule has 0 bridgehead atoms. The van der Waals surface area contributed by atoms with Gasteiger partial charge in [-0.2, -0.15) is 0 Å². The van der Waals surface area contributed by atoms with E-state index in [1.54, 1.807) is 34.9 Å². The van der Waals surface area contributed by atoms with Gasteiger partial charge < -0.3 is 19.9 Å². The van der Waals surface area contributed by atoms with Crippen LogP contribution in [0.4, 0.5) is 14.9 Å². The first-order chi connectivity index (χ1) is 14.5. The van der Waals surface area contributed by atoms with Crippen molar-refractivity contribution >= 4 is 33.6 Å². The molecular weight excluding hydrogens is 453 g/mol. The molecule has 8 heteroatoms. The smallest absolute Gasteiger partial charge is 0.409 e. The van der Waals surface area contributed by atoms with Crippen LogP contribution in [0.2, 0.25) is 0 Å². The molecular formula is C22H23BrFN3O3. The van der Waals surface area contributed by atoms with Crippen LogP contribution in [-0.4, -0.2) is 47.5 Å². The van der Waals surface area contributed by atoms with E-state index in [4.69, 9.17) is 4.74 Å². The first kappa shape index (κ1) is 20.7. The van der Waals surface area contributed by atoms with Crippen LogP contribution >= 0.6 is 15.9 Å². The summed E-state index contributed by atoms with van der Waals surface area (Å²) in [4.78, 5) is 28.7. The molecule has 1 atom stereocenters. The molecule has 4 rings (SSSR count). The summed E-state index contributed by atoms with van der Waals surface area (Å²) in [7, 11) is 0. The van der Waals surface area contributed by atoms with Crippen LogP contribution in [0.3, 0.4) is 0 Å². The third-order valence-corrected chi connectivity index (χ3v) is 6.10. The van der Waals surface area contributed by atoms with Crippen molar-refractivity contribution in [3.63, 3.8) is 0 Å². The topological polar surface area (TPSA) is 61.9 Å². The number of fused-ring (bicyclic) bond motifs is 1. The predicted molar refractivity (Wildman–Crippen MR) is 115 cm³/mol. The van der Waals surface area contributed by atoms with E-state index in [1.807, 2.05) is 18.2 Å². The van der Waals surface area contributed by atoms with Crippen molar-refractivity contribution in [1.29, 1.82) is 0 Å². The van der Waals surface area contributed by atoms with Crippen LogP contribution in [0.15, 0.2) is 46.9 Å². The van der Waals surface area contributed by atoms with E-state index in [0.717, 1.165) is 5.56 Å². The largest absolute Gasteiger partial charge is 0.450 e. The third-order valence-electron chi connectivity index (χ3n) is 5.61. The lowest BCUT2D eigenvalue weighted by atomic mass is 10.0. The van der Waals surface area contributed by atoms with Gasteiger partial charge in [-0.1, -0.05) is 34.1 Å². The number of ether oxygens (including phenoxy) is 1. The monoisotopic (exact) mass is 475 g/mol. The van der Waals surface area contributed by atoms with Gasteiger partial charge in [-0.15, -0.1) is 0 Å². The lowest BCUT2D eigenvalue weighted by Crippen LogP contribution is -2.49. The van der Waals surface area contributed by atoms with Gasteiger partial charge in [0, 0.05) is 34.7 Å². The molecule has 158 valence electrons. The van der Waals surface area contributed by atoms with Crippen LogP contribution in [0, 0.1) is 5.82 Å². The molecule has 0 spiro atoms. The van der Waals surface area contributed by atoms with Gasteiger partial charge in [0.05, 0.1) is 12.3 Å². The fraction of sp³-hybridized carbons (Fsp3) is 0.364. The van der Waals surface area contributed by atoms with Crippen LogP contribution in [-0.2, 0) is 4.74 Å². The fourth-order valence-corrected chi connectivity index (χ4v) is 4.49. The van der Waals surface area contributed by atoms with Crippen molar-refractivity contribution in [3.05, 3.63) is 63.9 Å². The molecule has 1 saturated heterocycles. The van der Waals surface area contributed by atoms with Gasteiger partial charge in [0.2, 0.25) is 0 Å². The Labute approximate surface area is 183 Å². The molecule has 2 aromatic rings. The highest BCUT2D eigenvalue weighted by Crippen LogP contribution is 2.38. The minimum atomic E-state index is -0.469. The molecule has 0 aromatic heterocycles. The number of hydrogen-bond donors (Lipinski definition) is 1. The Bertz CT molecular complexity index is 962. The average molecular weight is 476 g/mol. The average Bonchev–Trinajstić information content (AvgIpc) is 3.02. The lowest BCUT2D eigenvalue weighted by Gasteiger charge is -2.39. The summed E-state index contributed by atoms with van der Waals surface area (Å²) >= 11 is 3.27. The molecule has 0 unspecified atom stereocenters. The van der Waals surface area contributed by atoms with Crippen molar-refractivity contribution in [2.45, 2.75) is 32.0 Å². The molecule has 0 saturated carbocycles. The molecule has 2 heterocycles. The Hall–Kier alpha value is -2.61. The van der Waals surface area contributed by atoms with E-state index in [2.05, 4.69) is 21.2 Å². The zero-order valence-electron chi connectivity index (χ0n) is 16.6. The van der Waals surface area contributed by atoms with E-state index in [-0.39, 0.29) is 18.0 Å². The van der Waals surface area contributed by atoms with E-state index in [1.165, 1.54) is 6.07 Å². The second-order valence-electron chi connectivity index (χ2n) is 7.39. The van der Waals surface area contributed by atoms with E-state index in [0.29, 0.717) is 48.3 Å². The molecule has 6 nitrogen and oxygen atoms in total. The van der Waals surface area contributed by atoms with Gasteiger partial charge in [-0.05, 0) is 44.0 Å². The lowest BCUT2D eigenvalue weighted by molar-refractivity contribution is 0.0496. The molecule has 0 aliphatic carbocycles. The summed E-state index contributed by atoms with van der Waals surface area (Å²) in [5.74, 6) is -0.464. The molecule has 0 radical (unpaired) electrons. The van der Waals surface area contributed by atoms with E-state index < -0.39 is 12.0 Å². The highest BCUT2D eigenvalue weighted by atomic mass is 79.9. The summed E-state index contributed by atoms with van der Waals surface area (Å²) in [6.45, 7) is 3.15. The normalized spacial score (nSPS) is 19.0. The summed E-state index contributed by atoms with van der Waals surface area (Å²) in [5, 5.41) is 3.23. The first-order valence-corrected chi connectivity index (χ1v) is 10.8. The number of carbonyl (C=O) groups excluding carboxylic acids is 2. The van der Waals surface area contributed by atoms with Crippen LogP contribution in [0.1, 0.15) is 41.9 Å². The van der Waals surface area contributed by atoms with E-state index >= 15 is 0 Å². The third kappa shape index (κ3) is 3.88. The second kappa shape index (κ2) is 8.63. The molecule has 1 N–H and O–H groups in total. The highest BCUT2D eigenvalue weighted by Gasteiger charge is 2.42. The molecule has 1 fully saturated rings. The number of likely N-dealkylation sites (tertiary alicyclic amines) is 1. The number of rotatable bonds is 4. The summed E-state index contributed by atoms with van der Waals surface area (Å²) < 4.78 is 20.2. The van der Waals surface area contributed by atoms with Gasteiger partial charge in [0.15, 0.2) is 0 Å². The van der Waals surface area contributed by atoms with Crippen molar-refractivity contribution in [1.82, 2.24) is 9.80 Å². The number of carbonyl (C=O) groups is 2. The number of piperidine rings is 1. The molecule has 2 aliphatic heterocycles. The zero-order valence-corrected chi connectivity index (χ0v) is 18.2. The maximum absolute atomic E-state index is 14.5. The van der Waals surface area contributed by atoms with Crippen LogP contribution < -0.4 is 5.32 Å². The zero-order chi connectivity index (χ0) is 21.3. The number of benzene rings is 2. The van der Waals surface area contributed by atoms with Crippen LogP contribution in [0.5, 0.6) is 0 Å². The van der Waals surface area contributed by atoms with Gasteiger partial charge in [-0.25, -0.2) is 9.18 Å². The molecule has 2 amide bonds. The Balaban J connectivity index is 1.58. The first-order valence-electron chi connectivity index (χ1n) is 10.0. The minimum absolute atomic E-state index is 0.0633. The SMILES string of the molecule is CCOC(=O)N1CCC(N2C(=O)c3ccccc3[C@H]2Nc2ccc(Br)cc2F)CC1. The van der Waals surface area contributed by atoms with Gasteiger partial charge in [0.25, 0.3) is 5.91 Å². The Morgan fingerprint density at radius 3 is 2.67 bits per heavy atom. The Kier molecular flexibility index (Phi) is 5.94.